The Morgan fingerprint density at radius 3 is 2.48 bits per heavy atom. The number of halogens is 3. The summed E-state index contributed by atoms with van der Waals surface area (Å²) in [5, 5.41) is 9.45. The third kappa shape index (κ3) is 5.21. The van der Waals surface area contributed by atoms with Gasteiger partial charge in [0.2, 0.25) is 0 Å². The maximum absolute atomic E-state index is 12.1. The molecule has 2 rings (SSSR count). The van der Waals surface area contributed by atoms with E-state index in [1.165, 1.54) is 12.1 Å². The molecule has 1 fully saturated rings. The van der Waals surface area contributed by atoms with Gasteiger partial charge in [0.05, 0.1) is 6.61 Å². The SMILES string of the molecule is OCC1CCCCCN1Cc1ccc(OC(F)(F)F)cc1. The number of likely N-dealkylation sites (tertiary alicyclic amines) is 1. The average Bonchev–Trinajstić information content (AvgIpc) is 2.64. The fourth-order valence-electron chi connectivity index (χ4n) is 2.68. The first-order valence-corrected chi connectivity index (χ1v) is 7.17. The number of hydrogen-bond acceptors (Lipinski definition) is 3. The highest BCUT2D eigenvalue weighted by Gasteiger charge is 2.31. The number of rotatable bonds is 4. The van der Waals surface area contributed by atoms with Crippen molar-refractivity contribution in [3.05, 3.63) is 29.8 Å². The molecule has 1 unspecified atom stereocenters. The van der Waals surface area contributed by atoms with Gasteiger partial charge in [-0.1, -0.05) is 25.0 Å². The predicted octanol–water partition coefficient (Wildman–Crippen LogP) is 3.32. The van der Waals surface area contributed by atoms with Gasteiger partial charge < -0.3 is 9.84 Å². The van der Waals surface area contributed by atoms with E-state index in [1.54, 1.807) is 12.1 Å². The molecule has 0 bridgehead atoms. The second-order valence-corrected chi connectivity index (χ2v) is 5.35. The lowest BCUT2D eigenvalue weighted by Crippen LogP contribution is -2.36. The van der Waals surface area contributed by atoms with Crippen LogP contribution in [-0.2, 0) is 6.54 Å². The molecule has 0 amide bonds. The summed E-state index contributed by atoms with van der Waals surface area (Å²) in [4.78, 5) is 2.20. The fourth-order valence-corrected chi connectivity index (χ4v) is 2.68. The molecule has 1 N–H and O–H groups in total. The van der Waals surface area contributed by atoms with Crippen molar-refractivity contribution in [3.8, 4) is 5.75 Å². The topological polar surface area (TPSA) is 32.7 Å². The number of aliphatic hydroxyl groups is 1. The summed E-state index contributed by atoms with van der Waals surface area (Å²) in [6.07, 6.45) is -0.336. The number of aliphatic hydroxyl groups excluding tert-OH is 1. The number of hydrogen-bond donors (Lipinski definition) is 1. The second-order valence-electron chi connectivity index (χ2n) is 5.35. The summed E-state index contributed by atoms with van der Waals surface area (Å²) < 4.78 is 40.2. The summed E-state index contributed by atoms with van der Waals surface area (Å²) in [7, 11) is 0. The highest BCUT2D eigenvalue weighted by Crippen LogP contribution is 2.24. The molecule has 1 aromatic carbocycles. The van der Waals surface area contributed by atoms with Gasteiger partial charge in [0.25, 0.3) is 0 Å². The van der Waals surface area contributed by atoms with E-state index in [1.807, 2.05) is 0 Å². The van der Waals surface area contributed by atoms with E-state index in [4.69, 9.17) is 0 Å². The minimum absolute atomic E-state index is 0.120. The van der Waals surface area contributed by atoms with Crippen LogP contribution in [0, 0.1) is 0 Å². The maximum Gasteiger partial charge on any atom is 0.573 e. The molecule has 1 atom stereocenters. The highest BCUT2D eigenvalue weighted by molar-refractivity contribution is 5.27. The van der Waals surface area contributed by atoms with Gasteiger partial charge >= 0.3 is 6.36 Å². The Bertz CT molecular complexity index is 434. The van der Waals surface area contributed by atoms with E-state index in [0.717, 1.165) is 37.8 Å². The molecule has 21 heavy (non-hydrogen) atoms. The summed E-state index contributed by atoms with van der Waals surface area (Å²) in [6.45, 7) is 1.67. The molecule has 0 aliphatic carbocycles. The van der Waals surface area contributed by atoms with Crippen molar-refractivity contribution in [1.29, 1.82) is 0 Å². The molecule has 1 saturated heterocycles. The van der Waals surface area contributed by atoms with E-state index in [0.29, 0.717) is 6.54 Å². The standard InChI is InChI=1S/C15H20F3NO2/c16-15(17,18)21-14-7-5-12(6-8-14)10-19-9-3-1-2-4-13(19)11-20/h5-8,13,20H,1-4,9-11H2. The van der Waals surface area contributed by atoms with Crippen LogP contribution in [0.15, 0.2) is 24.3 Å². The normalized spacial score (nSPS) is 21.0. The Morgan fingerprint density at radius 1 is 1.14 bits per heavy atom. The number of benzene rings is 1. The second kappa shape index (κ2) is 7.13. The third-order valence-corrected chi connectivity index (χ3v) is 3.75. The van der Waals surface area contributed by atoms with Gasteiger partial charge in [-0.05, 0) is 37.1 Å². The van der Waals surface area contributed by atoms with Crippen LogP contribution in [-0.4, -0.2) is 35.6 Å². The van der Waals surface area contributed by atoms with Crippen LogP contribution in [0.1, 0.15) is 31.2 Å². The van der Waals surface area contributed by atoms with E-state index in [-0.39, 0.29) is 18.4 Å². The lowest BCUT2D eigenvalue weighted by Gasteiger charge is -2.28. The fraction of sp³-hybridized carbons (Fsp3) is 0.600. The quantitative estimate of drug-likeness (QED) is 0.926. The molecule has 118 valence electrons. The van der Waals surface area contributed by atoms with E-state index in [2.05, 4.69) is 9.64 Å². The number of ether oxygens (including phenoxy) is 1. The number of alkyl halides is 3. The molecule has 1 heterocycles. The Labute approximate surface area is 122 Å². The van der Waals surface area contributed by atoms with Crippen LogP contribution in [0.5, 0.6) is 5.75 Å². The molecule has 0 aromatic heterocycles. The molecular weight excluding hydrogens is 283 g/mol. The molecule has 0 spiro atoms. The molecule has 0 radical (unpaired) electrons. The van der Waals surface area contributed by atoms with Crippen molar-refractivity contribution in [1.82, 2.24) is 4.90 Å². The van der Waals surface area contributed by atoms with Crippen molar-refractivity contribution >= 4 is 0 Å². The van der Waals surface area contributed by atoms with Gasteiger partial charge in [-0.15, -0.1) is 13.2 Å². The largest absolute Gasteiger partial charge is 0.573 e. The lowest BCUT2D eigenvalue weighted by molar-refractivity contribution is -0.274. The molecule has 3 nitrogen and oxygen atoms in total. The van der Waals surface area contributed by atoms with Crippen molar-refractivity contribution in [2.75, 3.05) is 13.2 Å². The van der Waals surface area contributed by atoms with Crippen molar-refractivity contribution in [2.45, 2.75) is 44.6 Å². The summed E-state index contributed by atoms with van der Waals surface area (Å²) in [6, 6.07) is 6.07. The van der Waals surface area contributed by atoms with Crippen LogP contribution in [0.25, 0.3) is 0 Å². The van der Waals surface area contributed by atoms with Crippen LogP contribution in [0.3, 0.4) is 0 Å². The van der Waals surface area contributed by atoms with Crippen molar-refractivity contribution < 1.29 is 23.0 Å². The third-order valence-electron chi connectivity index (χ3n) is 3.75. The minimum atomic E-state index is -4.66. The summed E-state index contributed by atoms with van der Waals surface area (Å²) >= 11 is 0. The summed E-state index contributed by atoms with van der Waals surface area (Å²) in [5.74, 6) is -0.208. The van der Waals surface area contributed by atoms with Crippen LogP contribution < -0.4 is 4.74 Å². The number of nitrogens with zero attached hydrogens (tertiary/aromatic N) is 1. The first kappa shape index (κ1) is 16.1. The van der Waals surface area contributed by atoms with E-state index >= 15 is 0 Å². The molecular formula is C15H20F3NO2. The van der Waals surface area contributed by atoms with Gasteiger partial charge in [-0.2, -0.15) is 0 Å². The van der Waals surface area contributed by atoms with Gasteiger partial charge in [0.15, 0.2) is 0 Å². The molecule has 0 saturated carbocycles. The Hall–Kier alpha value is -1.27. The summed E-state index contributed by atoms with van der Waals surface area (Å²) in [5.41, 5.74) is 0.921. The van der Waals surface area contributed by atoms with Crippen LogP contribution in [0.4, 0.5) is 13.2 Å². The molecule has 1 aliphatic heterocycles. The van der Waals surface area contributed by atoms with Gasteiger partial charge in [-0.3, -0.25) is 4.90 Å². The van der Waals surface area contributed by atoms with Gasteiger partial charge in [0.1, 0.15) is 5.75 Å². The Kier molecular flexibility index (Phi) is 5.47. The Balaban J connectivity index is 1.98. The van der Waals surface area contributed by atoms with E-state index < -0.39 is 6.36 Å². The molecule has 1 aliphatic rings. The zero-order chi connectivity index (χ0) is 15.3. The van der Waals surface area contributed by atoms with Crippen LogP contribution >= 0.6 is 0 Å². The van der Waals surface area contributed by atoms with Crippen molar-refractivity contribution in [2.24, 2.45) is 0 Å². The van der Waals surface area contributed by atoms with Crippen LogP contribution in [0.2, 0.25) is 0 Å². The minimum Gasteiger partial charge on any atom is -0.406 e. The average molecular weight is 303 g/mol. The predicted molar refractivity (Wildman–Crippen MR) is 72.9 cm³/mol. The zero-order valence-corrected chi connectivity index (χ0v) is 11.8. The first-order chi connectivity index (χ1) is 9.98. The molecule has 6 heteroatoms. The Morgan fingerprint density at radius 2 is 1.86 bits per heavy atom. The lowest BCUT2D eigenvalue weighted by atomic mass is 10.1. The van der Waals surface area contributed by atoms with Gasteiger partial charge in [0, 0.05) is 12.6 Å². The smallest absolute Gasteiger partial charge is 0.406 e. The highest BCUT2D eigenvalue weighted by atomic mass is 19.4. The van der Waals surface area contributed by atoms with E-state index in [9.17, 15) is 18.3 Å². The molecule has 1 aromatic rings. The van der Waals surface area contributed by atoms with Gasteiger partial charge in [-0.25, -0.2) is 0 Å². The monoisotopic (exact) mass is 303 g/mol. The van der Waals surface area contributed by atoms with Crippen molar-refractivity contribution in [3.63, 3.8) is 0 Å². The maximum atomic E-state index is 12.1. The first-order valence-electron chi connectivity index (χ1n) is 7.17. The zero-order valence-electron chi connectivity index (χ0n) is 11.8.